The van der Waals surface area contributed by atoms with Gasteiger partial charge in [0.05, 0.1) is 6.54 Å². The first kappa shape index (κ1) is 13.0. The predicted molar refractivity (Wildman–Crippen MR) is 67.7 cm³/mol. The van der Waals surface area contributed by atoms with Gasteiger partial charge in [-0.3, -0.25) is 4.79 Å². The summed E-state index contributed by atoms with van der Waals surface area (Å²) in [5, 5.41) is 4.20. The van der Waals surface area contributed by atoms with E-state index in [0.717, 1.165) is 25.9 Å². The minimum absolute atomic E-state index is 0.130. The van der Waals surface area contributed by atoms with E-state index < -0.39 is 0 Å². The third-order valence-corrected chi connectivity index (χ3v) is 3.41. The number of amides is 1. The van der Waals surface area contributed by atoms with Crippen molar-refractivity contribution in [3.8, 4) is 0 Å². The first-order valence-corrected chi connectivity index (χ1v) is 6.61. The van der Waals surface area contributed by atoms with Crippen LogP contribution in [0.4, 0.5) is 0 Å². The number of hydrogen-bond acceptors (Lipinski definition) is 4. The Morgan fingerprint density at radius 1 is 1.39 bits per heavy atom. The minimum Gasteiger partial charge on any atom is -0.341 e. The summed E-state index contributed by atoms with van der Waals surface area (Å²) in [4.78, 5) is 18.4. The van der Waals surface area contributed by atoms with E-state index in [2.05, 4.69) is 10.1 Å². The van der Waals surface area contributed by atoms with Crippen molar-refractivity contribution in [2.75, 3.05) is 13.1 Å². The van der Waals surface area contributed by atoms with Gasteiger partial charge in [-0.2, -0.15) is 5.10 Å². The SMILES string of the molecule is CC(C(=O)N1CCCCCC1)n1cnc(CN)n1. The Kier molecular flexibility index (Phi) is 4.30. The van der Waals surface area contributed by atoms with Crippen LogP contribution < -0.4 is 5.73 Å². The molecular formula is C12H21N5O. The molecule has 0 saturated carbocycles. The molecule has 100 valence electrons. The lowest BCUT2D eigenvalue weighted by Gasteiger charge is -2.23. The third-order valence-electron chi connectivity index (χ3n) is 3.41. The summed E-state index contributed by atoms with van der Waals surface area (Å²) in [6.07, 6.45) is 6.23. The molecule has 1 saturated heterocycles. The van der Waals surface area contributed by atoms with Crippen molar-refractivity contribution in [2.24, 2.45) is 5.73 Å². The average Bonchev–Trinajstić information content (AvgIpc) is 2.71. The third kappa shape index (κ3) is 2.87. The van der Waals surface area contributed by atoms with E-state index in [9.17, 15) is 4.79 Å². The molecule has 1 aromatic rings. The number of hydrogen-bond donors (Lipinski definition) is 1. The van der Waals surface area contributed by atoms with Gasteiger partial charge in [-0.25, -0.2) is 9.67 Å². The number of carbonyl (C=O) groups excluding carboxylic acids is 1. The number of likely N-dealkylation sites (tertiary alicyclic amines) is 1. The number of rotatable bonds is 3. The van der Waals surface area contributed by atoms with Crippen molar-refractivity contribution in [1.29, 1.82) is 0 Å². The molecule has 2 heterocycles. The highest BCUT2D eigenvalue weighted by Crippen LogP contribution is 2.14. The highest BCUT2D eigenvalue weighted by Gasteiger charge is 2.23. The molecule has 2 N–H and O–H groups in total. The van der Waals surface area contributed by atoms with E-state index in [1.54, 1.807) is 11.0 Å². The molecule has 0 bridgehead atoms. The molecule has 1 aliphatic rings. The molecule has 1 aliphatic heterocycles. The Bertz CT molecular complexity index is 395. The molecule has 6 heteroatoms. The minimum atomic E-state index is -0.295. The second kappa shape index (κ2) is 5.95. The van der Waals surface area contributed by atoms with Crippen molar-refractivity contribution in [3.63, 3.8) is 0 Å². The molecule has 0 radical (unpaired) electrons. The fourth-order valence-corrected chi connectivity index (χ4v) is 2.26. The van der Waals surface area contributed by atoms with E-state index in [-0.39, 0.29) is 11.9 Å². The lowest BCUT2D eigenvalue weighted by molar-refractivity contribution is -0.134. The number of nitrogens with two attached hydrogens (primary N) is 1. The highest BCUT2D eigenvalue weighted by atomic mass is 16.2. The Balaban J connectivity index is 2.02. The van der Waals surface area contributed by atoms with Crippen molar-refractivity contribution in [1.82, 2.24) is 19.7 Å². The molecule has 6 nitrogen and oxygen atoms in total. The van der Waals surface area contributed by atoms with Crippen molar-refractivity contribution in [3.05, 3.63) is 12.2 Å². The van der Waals surface area contributed by atoms with Gasteiger partial charge in [-0.15, -0.1) is 0 Å². The smallest absolute Gasteiger partial charge is 0.247 e. The maximum Gasteiger partial charge on any atom is 0.247 e. The van der Waals surface area contributed by atoms with Crippen LogP contribution in [0, 0.1) is 0 Å². The molecule has 1 amide bonds. The number of carbonyl (C=O) groups is 1. The van der Waals surface area contributed by atoms with Crippen LogP contribution in [0.3, 0.4) is 0 Å². The Morgan fingerprint density at radius 3 is 2.61 bits per heavy atom. The average molecular weight is 251 g/mol. The van der Waals surface area contributed by atoms with Crippen LogP contribution in [0.2, 0.25) is 0 Å². The highest BCUT2D eigenvalue weighted by molar-refractivity contribution is 5.79. The van der Waals surface area contributed by atoms with Crippen LogP contribution in [-0.2, 0) is 11.3 Å². The lowest BCUT2D eigenvalue weighted by Crippen LogP contribution is -2.37. The molecule has 0 aliphatic carbocycles. The molecule has 0 aromatic carbocycles. The summed E-state index contributed by atoms with van der Waals surface area (Å²) >= 11 is 0. The van der Waals surface area contributed by atoms with Crippen molar-refractivity contribution >= 4 is 5.91 Å². The van der Waals surface area contributed by atoms with E-state index in [0.29, 0.717) is 12.4 Å². The molecule has 1 atom stereocenters. The summed E-state index contributed by atoms with van der Waals surface area (Å²) < 4.78 is 1.61. The van der Waals surface area contributed by atoms with Gasteiger partial charge in [0, 0.05) is 13.1 Å². The second-order valence-electron chi connectivity index (χ2n) is 4.76. The van der Waals surface area contributed by atoms with Crippen LogP contribution in [-0.4, -0.2) is 38.7 Å². The standard InChI is InChI=1S/C12H21N5O/c1-10(17-9-14-11(8-13)15-17)12(18)16-6-4-2-3-5-7-16/h9-10H,2-8,13H2,1H3. The molecule has 18 heavy (non-hydrogen) atoms. The van der Waals surface area contributed by atoms with E-state index in [4.69, 9.17) is 5.73 Å². The van der Waals surface area contributed by atoms with Gasteiger partial charge in [0.25, 0.3) is 0 Å². The Hall–Kier alpha value is -1.43. The van der Waals surface area contributed by atoms with Crippen LogP contribution in [0.5, 0.6) is 0 Å². The zero-order chi connectivity index (χ0) is 13.0. The first-order valence-electron chi connectivity index (χ1n) is 6.61. The molecule has 0 spiro atoms. The van der Waals surface area contributed by atoms with Crippen molar-refractivity contribution < 1.29 is 4.79 Å². The molecule has 1 unspecified atom stereocenters. The van der Waals surface area contributed by atoms with Gasteiger partial charge in [0.15, 0.2) is 5.82 Å². The number of aromatic nitrogens is 3. The topological polar surface area (TPSA) is 77.0 Å². The summed E-state index contributed by atoms with van der Waals surface area (Å²) in [6, 6.07) is -0.295. The maximum atomic E-state index is 12.4. The monoisotopic (exact) mass is 251 g/mol. The maximum absolute atomic E-state index is 12.4. The van der Waals surface area contributed by atoms with E-state index >= 15 is 0 Å². The summed E-state index contributed by atoms with van der Waals surface area (Å²) in [5.74, 6) is 0.705. The fourth-order valence-electron chi connectivity index (χ4n) is 2.26. The van der Waals surface area contributed by atoms with Gasteiger partial charge in [0.2, 0.25) is 5.91 Å². The van der Waals surface area contributed by atoms with E-state index in [1.807, 2.05) is 11.8 Å². The zero-order valence-electron chi connectivity index (χ0n) is 10.9. The largest absolute Gasteiger partial charge is 0.341 e. The number of nitrogens with zero attached hydrogens (tertiary/aromatic N) is 4. The Labute approximate surface area is 107 Å². The molecule has 1 aromatic heterocycles. The van der Waals surface area contributed by atoms with Gasteiger partial charge >= 0.3 is 0 Å². The molecule has 2 rings (SSSR count). The van der Waals surface area contributed by atoms with Gasteiger partial charge in [-0.1, -0.05) is 12.8 Å². The first-order chi connectivity index (χ1) is 8.72. The summed E-state index contributed by atoms with van der Waals surface area (Å²) in [5.41, 5.74) is 5.47. The van der Waals surface area contributed by atoms with E-state index in [1.165, 1.54) is 12.8 Å². The van der Waals surface area contributed by atoms with Crippen LogP contribution >= 0.6 is 0 Å². The fraction of sp³-hybridized carbons (Fsp3) is 0.750. The van der Waals surface area contributed by atoms with Gasteiger partial charge < -0.3 is 10.6 Å². The molecule has 1 fully saturated rings. The molecular weight excluding hydrogens is 230 g/mol. The van der Waals surface area contributed by atoms with Crippen LogP contribution in [0.1, 0.15) is 44.5 Å². The van der Waals surface area contributed by atoms with Crippen LogP contribution in [0.15, 0.2) is 6.33 Å². The second-order valence-corrected chi connectivity index (χ2v) is 4.76. The quantitative estimate of drug-likeness (QED) is 0.858. The van der Waals surface area contributed by atoms with Crippen LogP contribution in [0.25, 0.3) is 0 Å². The van der Waals surface area contributed by atoms with Gasteiger partial charge in [-0.05, 0) is 19.8 Å². The zero-order valence-corrected chi connectivity index (χ0v) is 10.9. The summed E-state index contributed by atoms with van der Waals surface area (Å²) in [6.45, 7) is 3.89. The summed E-state index contributed by atoms with van der Waals surface area (Å²) in [7, 11) is 0. The van der Waals surface area contributed by atoms with Crippen molar-refractivity contribution in [2.45, 2.75) is 45.2 Å². The normalized spacial score (nSPS) is 18.4. The van der Waals surface area contributed by atoms with Gasteiger partial charge in [0.1, 0.15) is 12.4 Å². The Morgan fingerprint density at radius 2 is 2.06 bits per heavy atom. The lowest BCUT2D eigenvalue weighted by atomic mass is 10.2. The predicted octanol–water partition coefficient (Wildman–Crippen LogP) is 0.700.